The maximum absolute atomic E-state index is 14.1. The minimum absolute atomic E-state index is 0.00398. The molecule has 14 heteroatoms. The van der Waals surface area contributed by atoms with Crippen molar-refractivity contribution in [2.24, 2.45) is 0 Å². The van der Waals surface area contributed by atoms with E-state index >= 15 is 0 Å². The molecule has 0 radical (unpaired) electrons. The standard InChI is InChI=1S/C58H58O14/c59-48-31-32-49(60)70-54-52(65-36-43-25-13-4-14-26-43)50(64-35-42-23-11-3-12-24-42)46(38-62-33-40-19-7-1-8-20-40)68-58(54)72-51-47(39-63-34-41-21-9-2-10-22-41)67-57(66-37-44-27-15-5-16-28-44)55(53(51)69-48)71-56(61)45-29-17-6-18-30-45/h1-30,46-47,50-55,57-58H,31-39H2/t46-,47+,50-,51+,52+,53-,54+,55+,57-,58-/m0/s1. The highest BCUT2D eigenvalue weighted by atomic mass is 16.8. The van der Waals surface area contributed by atoms with E-state index in [1.807, 2.05) is 152 Å². The molecule has 3 heterocycles. The Hall–Kier alpha value is -6.59. The molecule has 3 fully saturated rings. The van der Waals surface area contributed by atoms with E-state index in [2.05, 4.69) is 0 Å². The van der Waals surface area contributed by atoms with Crippen LogP contribution in [0.1, 0.15) is 51.0 Å². The number of carbonyl (C=O) groups is 3. The second-order valence-corrected chi connectivity index (χ2v) is 17.7. The van der Waals surface area contributed by atoms with Crippen molar-refractivity contribution in [1.29, 1.82) is 0 Å². The van der Waals surface area contributed by atoms with Gasteiger partial charge in [0.1, 0.15) is 30.5 Å². The molecule has 6 aromatic rings. The van der Waals surface area contributed by atoms with Gasteiger partial charge in [-0.25, -0.2) is 4.79 Å². The highest BCUT2D eigenvalue weighted by Crippen LogP contribution is 2.37. The van der Waals surface area contributed by atoms with Crippen molar-refractivity contribution in [3.05, 3.63) is 215 Å². The summed E-state index contributed by atoms with van der Waals surface area (Å²) in [6, 6.07) is 56.4. The van der Waals surface area contributed by atoms with Crippen LogP contribution in [0.2, 0.25) is 0 Å². The van der Waals surface area contributed by atoms with Crippen molar-refractivity contribution in [1.82, 2.24) is 0 Å². The van der Waals surface area contributed by atoms with Gasteiger partial charge in [-0.2, -0.15) is 0 Å². The van der Waals surface area contributed by atoms with Gasteiger partial charge in [0.15, 0.2) is 30.9 Å². The summed E-state index contributed by atoms with van der Waals surface area (Å²) in [6.07, 6.45) is -12.8. The first-order valence-corrected chi connectivity index (χ1v) is 24.2. The first-order chi connectivity index (χ1) is 35.4. The van der Waals surface area contributed by atoms with Crippen LogP contribution >= 0.6 is 0 Å². The van der Waals surface area contributed by atoms with Crippen LogP contribution in [0.25, 0.3) is 0 Å². The van der Waals surface area contributed by atoms with E-state index in [0.717, 1.165) is 27.8 Å². The molecule has 9 rings (SSSR count). The predicted molar refractivity (Wildman–Crippen MR) is 260 cm³/mol. The highest BCUT2D eigenvalue weighted by Gasteiger charge is 2.57. The lowest BCUT2D eigenvalue weighted by Crippen LogP contribution is -2.67. The Labute approximate surface area is 418 Å². The van der Waals surface area contributed by atoms with Crippen LogP contribution in [-0.2, 0) is 94.7 Å². The maximum Gasteiger partial charge on any atom is 0.338 e. The van der Waals surface area contributed by atoms with Crippen molar-refractivity contribution in [2.75, 3.05) is 13.2 Å². The zero-order valence-corrected chi connectivity index (χ0v) is 39.7. The van der Waals surface area contributed by atoms with Crippen LogP contribution in [0.4, 0.5) is 0 Å². The molecular weight excluding hydrogens is 921 g/mol. The smallest absolute Gasteiger partial charge is 0.338 e. The number of benzene rings is 6. The monoisotopic (exact) mass is 978 g/mol. The van der Waals surface area contributed by atoms with Gasteiger partial charge in [0, 0.05) is 0 Å². The molecule has 374 valence electrons. The zero-order chi connectivity index (χ0) is 49.3. The largest absolute Gasteiger partial charge is 0.455 e. The van der Waals surface area contributed by atoms with Crippen LogP contribution in [0, 0.1) is 0 Å². The van der Waals surface area contributed by atoms with Crippen LogP contribution < -0.4 is 0 Å². The maximum atomic E-state index is 14.1. The second kappa shape index (κ2) is 25.7. The average Bonchev–Trinajstić information content (AvgIpc) is 3.44. The van der Waals surface area contributed by atoms with Crippen LogP contribution in [0.5, 0.6) is 0 Å². The van der Waals surface area contributed by atoms with Crippen LogP contribution in [0.3, 0.4) is 0 Å². The number of rotatable bonds is 19. The Morgan fingerprint density at radius 2 is 0.833 bits per heavy atom. The van der Waals surface area contributed by atoms with E-state index in [0.29, 0.717) is 0 Å². The number of esters is 3. The summed E-state index contributed by atoms with van der Waals surface area (Å²) in [6.45, 7) is 0.615. The van der Waals surface area contributed by atoms with Gasteiger partial charge in [-0.15, -0.1) is 0 Å². The quantitative estimate of drug-likeness (QED) is 0.0563. The lowest BCUT2D eigenvalue weighted by Gasteiger charge is -2.49. The first-order valence-electron chi connectivity index (χ1n) is 24.2. The number of ether oxygens (including phenoxy) is 11. The topological polar surface area (TPSA) is 153 Å². The molecule has 10 atom stereocenters. The van der Waals surface area contributed by atoms with Crippen molar-refractivity contribution in [2.45, 2.75) is 107 Å². The fourth-order valence-corrected chi connectivity index (χ4v) is 8.78. The van der Waals surface area contributed by atoms with E-state index in [4.69, 9.17) is 52.1 Å². The molecule has 3 saturated heterocycles. The molecule has 0 aliphatic carbocycles. The first kappa shape index (κ1) is 50.4. The molecular formula is C58H58O14. The lowest BCUT2D eigenvalue weighted by atomic mass is 9.95. The molecule has 3 aliphatic heterocycles. The molecule has 0 spiro atoms. The molecule has 0 amide bonds. The molecule has 0 bridgehead atoms. The molecule has 0 N–H and O–H groups in total. The highest BCUT2D eigenvalue weighted by molar-refractivity contribution is 5.89. The third-order valence-corrected chi connectivity index (χ3v) is 12.4. The van der Waals surface area contributed by atoms with Gasteiger partial charge in [0.25, 0.3) is 0 Å². The molecule has 0 saturated carbocycles. The van der Waals surface area contributed by atoms with E-state index in [1.165, 1.54) is 0 Å². The summed E-state index contributed by atoms with van der Waals surface area (Å²) >= 11 is 0. The van der Waals surface area contributed by atoms with Gasteiger partial charge in [-0.1, -0.05) is 170 Å². The summed E-state index contributed by atoms with van der Waals surface area (Å²) in [5.41, 5.74) is 4.62. The van der Waals surface area contributed by atoms with E-state index in [1.54, 1.807) is 30.3 Å². The minimum Gasteiger partial charge on any atom is -0.455 e. The van der Waals surface area contributed by atoms with Gasteiger partial charge >= 0.3 is 17.9 Å². The summed E-state index contributed by atoms with van der Waals surface area (Å²) in [4.78, 5) is 42.2. The molecule has 3 aliphatic rings. The summed E-state index contributed by atoms with van der Waals surface area (Å²) < 4.78 is 72.6. The van der Waals surface area contributed by atoms with Crippen molar-refractivity contribution >= 4 is 17.9 Å². The van der Waals surface area contributed by atoms with Crippen molar-refractivity contribution in [3.8, 4) is 0 Å². The molecule has 6 aromatic carbocycles. The molecule has 0 unspecified atom stereocenters. The predicted octanol–water partition coefficient (Wildman–Crippen LogP) is 8.49. The number of fused-ring (bicyclic) bond motifs is 2. The average molecular weight is 979 g/mol. The third-order valence-electron chi connectivity index (χ3n) is 12.4. The van der Waals surface area contributed by atoms with Gasteiger partial charge in [0.05, 0.1) is 64.7 Å². The molecule has 72 heavy (non-hydrogen) atoms. The molecule has 0 aromatic heterocycles. The summed E-state index contributed by atoms with van der Waals surface area (Å²) in [5.74, 6) is -2.24. The number of hydrogen-bond donors (Lipinski definition) is 0. The van der Waals surface area contributed by atoms with Crippen LogP contribution in [-0.4, -0.2) is 92.5 Å². The van der Waals surface area contributed by atoms with E-state index < -0.39 is 79.3 Å². The Bertz CT molecular complexity index is 2570. The van der Waals surface area contributed by atoms with Crippen molar-refractivity contribution < 1.29 is 66.5 Å². The number of carbonyl (C=O) groups excluding carboxylic acids is 3. The molecule has 14 nitrogen and oxygen atoms in total. The SMILES string of the molecule is O=C1CCC(=O)O[C@H]2[C@H](O[C@H]3[C@H](O1)[C@@H](OC(=O)c1ccccc1)[C@@H](OCc1ccccc1)O[C@@H]3COCc1ccccc1)O[C@@H](COCc1ccccc1)[C@H](OCc1ccccc1)[C@H]2OCc1ccccc1. The minimum atomic E-state index is -1.44. The van der Waals surface area contributed by atoms with E-state index in [9.17, 15) is 14.4 Å². The van der Waals surface area contributed by atoms with Gasteiger partial charge in [-0.05, 0) is 39.9 Å². The van der Waals surface area contributed by atoms with Gasteiger partial charge in [0.2, 0.25) is 0 Å². The summed E-state index contributed by atoms with van der Waals surface area (Å²) in [5, 5.41) is 0. The number of hydrogen-bond acceptors (Lipinski definition) is 14. The Morgan fingerprint density at radius 3 is 1.33 bits per heavy atom. The normalized spacial score (nSPS) is 25.4. The fourth-order valence-electron chi connectivity index (χ4n) is 8.78. The second-order valence-electron chi connectivity index (χ2n) is 17.7. The Morgan fingerprint density at radius 1 is 0.417 bits per heavy atom. The Balaban J connectivity index is 1.11. The van der Waals surface area contributed by atoms with Gasteiger partial charge in [-0.3, -0.25) is 9.59 Å². The van der Waals surface area contributed by atoms with Gasteiger partial charge < -0.3 is 52.1 Å². The van der Waals surface area contributed by atoms with E-state index in [-0.39, 0.29) is 64.7 Å². The van der Waals surface area contributed by atoms with Crippen LogP contribution in [0.15, 0.2) is 182 Å². The third kappa shape index (κ3) is 13.9. The Kier molecular flexibility index (Phi) is 18.0. The zero-order valence-electron chi connectivity index (χ0n) is 39.7. The fraction of sp³-hybridized carbons (Fsp3) is 0.328. The van der Waals surface area contributed by atoms with Crippen molar-refractivity contribution in [3.63, 3.8) is 0 Å². The lowest BCUT2D eigenvalue weighted by molar-refractivity contribution is -0.367. The summed E-state index contributed by atoms with van der Waals surface area (Å²) in [7, 11) is 0.